The topological polar surface area (TPSA) is 38.7 Å². The number of hydrogen-bond acceptors (Lipinski definition) is 4. The maximum atomic E-state index is 9.22. The van der Waals surface area contributed by atoms with E-state index in [0.717, 1.165) is 5.56 Å². The van der Waals surface area contributed by atoms with Crippen LogP contribution in [-0.2, 0) is 0 Å². The molecule has 0 aromatic heterocycles. The number of aromatic hydroxyl groups is 1. The fourth-order valence-corrected chi connectivity index (χ4v) is 8.19. The van der Waals surface area contributed by atoms with Crippen LogP contribution in [0.4, 0.5) is 0 Å². The zero-order chi connectivity index (χ0) is 15.4. The van der Waals surface area contributed by atoms with Gasteiger partial charge < -0.3 is 5.11 Å². The Morgan fingerprint density at radius 2 is 1.80 bits per heavy atom. The zero-order valence-electron chi connectivity index (χ0n) is 11.5. The monoisotopic (exact) mass is 393 g/mol. The molecule has 3 unspecified atom stereocenters. The first kappa shape index (κ1) is 19.1. The molecule has 0 aliphatic carbocycles. The Bertz CT molecular complexity index is 428. The zero-order valence-corrected chi connectivity index (χ0v) is 16.6. The molecule has 1 aliphatic heterocycles. The van der Waals surface area contributed by atoms with E-state index in [9.17, 15) is 5.11 Å². The molecule has 3 atom stereocenters. The Morgan fingerprint density at radius 1 is 1.20 bits per heavy atom. The standard InChI is InChI=1S/C9H12O.CH5Cl3N3P3/c1-6-4-5-9(10)8(3)7(6)2;1-9-5-8-6(2)10(4)7(9)3/h4-5,10H,1-3H3;5,8H,1H3. The van der Waals surface area contributed by atoms with Crippen LogP contribution in [0.5, 0.6) is 5.75 Å². The van der Waals surface area contributed by atoms with Crippen molar-refractivity contribution in [2.24, 2.45) is 0 Å². The van der Waals surface area contributed by atoms with Crippen LogP contribution in [0.1, 0.15) is 16.7 Å². The summed E-state index contributed by atoms with van der Waals surface area (Å²) in [6.07, 6.45) is 0. The highest BCUT2D eigenvalue weighted by Crippen LogP contribution is 2.68. The van der Waals surface area contributed by atoms with Crippen LogP contribution in [0.25, 0.3) is 0 Å². The average molecular weight is 395 g/mol. The third kappa shape index (κ3) is 5.06. The third-order valence-electron chi connectivity index (χ3n) is 2.86. The average Bonchev–Trinajstić information content (AvgIpc) is 2.43. The quantitative estimate of drug-likeness (QED) is 0.435. The highest BCUT2D eigenvalue weighted by atomic mass is 35.7. The molecule has 0 saturated carbocycles. The van der Waals surface area contributed by atoms with E-state index in [1.165, 1.54) is 15.1 Å². The largest absolute Gasteiger partial charge is 0.508 e. The molecular weight excluding hydrogens is 377 g/mol. The van der Waals surface area contributed by atoms with Gasteiger partial charge >= 0.3 is 0 Å². The van der Waals surface area contributed by atoms with E-state index >= 15 is 0 Å². The lowest BCUT2D eigenvalue weighted by molar-refractivity contribution is 0.470. The van der Waals surface area contributed by atoms with E-state index < -0.39 is 15.8 Å². The summed E-state index contributed by atoms with van der Waals surface area (Å²) in [5, 5.41) is 9.22. The van der Waals surface area contributed by atoms with Crippen LogP contribution in [0, 0.1) is 20.8 Å². The molecular formula is C10H17Cl3N3OP3. The Balaban J connectivity index is 0.000000200. The van der Waals surface area contributed by atoms with E-state index in [1.54, 1.807) is 10.0 Å². The summed E-state index contributed by atoms with van der Waals surface area (Å²) in [6.45, 7) is 7.99. The number of halogens is 3. The van der Waals surface area contributed by atoms with Gasteiger partial charge in [-0.25, -0.2) is 4.86 Å². The fourth-order valence-electron chi connectivity index (χ4n) is 1.31. The first-order chi connectivity index (χ1) is 9.25. The second-order valence-electron chi connectivity index (χ2n) is 4.14. The first-order valence-electron chi connectivity index (χ1n) is 5.64. The molecule has 2 rings (SSSR count). The second kappa shape index (κ2) is 8.63. The second-order valence-corrected chi connectivity index (χ2v) is 11.7. The van der Waals surface area contributed by atoms with Crippen molar-refractivity contribution < 1.29 is 5.11 Å². The van der Waals surface area contributed by atoms with Gasteiger partial charge in [-0.1, -0.05) is 17.3 Å². The molecule has 1 aliphatic rings. The minimum absolute atomic E-state index is 0.370. The molecule has 0 radical (unpaired) electrons. The summed E-state index contributed by atoms with van der Waals surface area (Å²) in [5.74, 6) is 0.392. The molecule has 4 nitrogen and oxygen atoms in total. The van der Waals surface area contributed by atoms with E-state index in [0.29, 0.717) is 14.6 Å². The van der Waals surface area contributed by atoms with Crippen LogP contribution in [0.15, 0.2) is 12.1 Å². The number of nitrogens with one attached hydrogen (secondary N) is 1. The Morgan fingerprint density at radius 3 is 2.30 bits per heavy atom. The highest BCUT2D eigenvalue weighted by Gasteiger charge is 2.31. The summed E-state index contributed by atoms with van der Waals surface area (Å²) in [4.78, 5) is 3.12. The minimum atomic E-state index is -1.01. The van der Waals surface area contributed by atoms with Crippen molar-refractivity contribution in [2.45, 2.75) is 20.8 Å². The first-order valence-corrected chi connectivity index (χ1v) is 11.2. The molecule has 2 N–H and O–H groups in total. The van der Waals surface area contributed by atoms with Crippen LogP contribution < -0.4 is 4.86 Å². The van der Waals surface area contributed by atoms with Crippen molar-refractivity contribution in [1.29, 1.82) is 0 Å². The van der Waals surface area contributed by atoms with Crippen molar-refractivity contribution in [2.75, 3.05) is 6.66 Å². The van der Waals surface area contributed by atoms with Gasteiger partial charge in [0, 0.05) is 8.88 Å². The van der Waals surface area contributed by atoms with Crippen LogP contribution >= 0.6 is 59.5 Å². The molecule has 10 heteroatoms. The van der Waals surface area contributed by atoms with Gasteiger partial charge in [0.2, 0.25) is 0 Å². The summed E-state index contributed by atoms with van der Waals surface area (Å²) >= 11 is 17.3. The van der Waals surface area contributed by atoms with Gasteiger partial charge in [0.1, 0.15) is 5.75 Å². The Labute approximate surface area is 139 Å². The predicted molar refractivity (Wildman–Crippen MR) is 94.8 cm³/mol. The molecule has 1 aromatic rings. The van der Waals surface area contributed by atoms with Crippen molar-refractivity contribution >= 4 is 59.5 Å². The minimum Gasteiger partial charge on any atom is -0.508 e. The van der Waals surface area contributed by atoms with Gasteiger partial charge in [0.05, 0.1) is 8.22 Å². The van der Waals surface area contributed by atoms with Gasteiger partial charge in [-0.2, -0.15) is 0 Å². The number of phenols is 1. The smallest absolute Gasteiger partial charge is 0.179 e. The summed E-state index contributed by atoms with van der Waals surface area (Å²) < 4.78 is 3.04. The van der Waals surface area contributed by atoms with Crippen molar-refractivity contribution in [3.63, 3.8) is 0 Å². The van der Waals surface area contributed by atoms with E-state index in [4.69, 9.17) is 34.8 Å². The van der Waals surface area contributed by atoms with Gasteiger partial charge in [0.15, 0.2) is 7.58 Å². The fraction of sp³-hybridized carbons (Fsp3) is 0.400. The normalized spacial score (nSPS) is 25.4. The van der Waals surface area contributed by atoms with Gasteiger partial charge in [0.25, 0.3) is 0 Å². The number of aryl methyl sites for hydroxylation is 1. The number of hydrogen-bond donors (Lipinski definition) is 2. The highest BCUT2D eigenvalue weighted by molar-refractivity contribution is 7.93. The maximum Gasteiger partial charge on any atom is 0.179 e. The molecule has 1 aromatic carbocycles. The lowest BCUT2D eigenvalue weighted by Gasteiger charge is -2.35. The summed E-state index contributed by atoms with van der Waals surface area (Å²) in [5.41, 5.74) is 3.40. The lowest BCUT2D eigenvalue weighted by atomic mass is 10.0. The van der Waals surface area contributed by atoms with Crippen LogP contribution in [0.2, 0.25) is 0 Å². The van der Waals surface area contributed by atoms with Crippen LogP contribution in [-0.4, -0.2) is 19.7 Å². The van der Waals surface area contributed by atoms with Crippen molar-refractivity contribution in [3.05, 3.63) is 28.8 Å². The molecule has 1 saturated heterocycles. The summed E-state index contributed by atoms with van der Waals surface area (Å²) in [6, 6.07) is 3.66. The predicted octanol–water partition coefficient (Wildman–Crippen LogP) is 5.73. The molecule has 0 spiro atoms. The van der Waals surface area contributed by atoms with Gasteiger partial charge in [-0.15, -0.1) is 7.92 Å². The molecule has 20 heavy (non-hydrogen) atoms. The molecule has 1 heterocycles. The number of nitrogens with zero attached hydrogens (tertiary/aromatic N) is 2. The molecule has 114 valence electrons. The number of benzene rings is 1. The SMILES string of the molecule is CP1NPN(Cl)P(Cl)N1Cl.Cc1ccc(O)c(C)c1C. The molecule has 1 fully saturated rings. The Kier molecular flexibility index (Phi) is 8.24. The third-order valence-corrected chi connectivity index (χ3v) is 11.8. The Hall–Kier alpha value is 1.06. The van der Waals surface area contributed by atoms with E-state index in [2.05, 4.69) is 4.86 Å². The molecule has 0 amide bonds. The van der Waals surface area contributed by atoms with Gasteiger partial charge in [-0.3, -0.25) is 0 Å². The van der Waals surface area contributed by atoms with Crippen molar-refractivity contribution in [3.8, 4) is 5.75 Å². The maximum absolute atomic E-state index is 9.22. The summed E-state index contributed by atoms with van der Waals surface area (Å²) in [7, 11) is -1.12. The van der Waals surface area contributed by atoms with Crippen LogP contribution in [0.3, 0.4) is 0 Å². The van der Waals surface area contributed by atoms with Crippen molar-refractivity contribution in [1.82, 2.24) is 12.8 Å². The number of rotatable bonds is 0. The van der Waals surface area contributed by atoms with E-state index in [-0.39, 0.29) is 0 Å². The number of phenolic OH excluding ortho intramolecular Hbond substituents is 1. The lowest BCUT2D eigenvalue weighted by Crippen LogP contribution is -2.16. The van der Waals surface area contributed by atoms with E-state index in [1.807, 2.05) is 33.5 Å². The molecule has 0 bridgehead atoms. The van der Waals surface area contributed by atoms with Gasteiger partial charge in [-0.05, 0) is 73.7 Å².